The monoisotopic (exact) mass is 395 g/mol. The third-order valence-electron chi connectivity index (χ3n) is 3.88. The summed E-state index contributed by atoms with van der Waals surface area (Å²) in [7, 11) is 0. The molecule has 0 saturated carbocycles. The van der Waals surface area contributed by atoms with E-state index in [2.05, 4.69) is 31.2 Å². The van der Waals surface area contributed by atoms with Gasteiger partial charge in [-0.25, -0.2) is 0 Å². The predicted octanol–water partition coefficient (Wildman–Crippen LogP) is 4.16. The number of amides is 1. The minimum atomic E-state index is 0.0248. The van der Waals surface area contributed by atoms with Crippen molar-refractivity contribution in [3.63, 3.8) is 0 Å². The van der Waals surface area contributed by atoms with Crippen molar-refractivity contribution in [1.82, 2.24) is 15.3 Å². The van der Waals surface area contributed by atoms with Crippen LogP contribution in [0.15, 0.2) is 71.6 Å². The molecule has 3 rings (SSSR count). The van der Waals surface area contributed by atoms with Crippen LogP contribution in [-0.4, -0.2) is 15.9 Å². The topological polar surface area (TPSA) is 54.9 Å². The summed E-state index contributed by atoms with van der Waals surface area (Å²) < 4.78 is 1.04. The maximum atomic E-state index is 12.2. The molecule has 1 aromatic carbocycles. The highest BCUT2D eigenvalue weighted by Crippen LogP contribution is 2.20. The van der Waals surface area contributed by atoms with Gasteiger partial charge in [0.2, 0.25) is 5.91 Å². The summed E-state index contributed by atoms with van der Waals surface area (Å²) in [5, 5.41) is 2.98. The quantitative estimate of drug-likeness (QED) is 0.681. The molecule has 0 spiro atoms. The Kier molecular flexibility index (Phi) is 5.90. The molecular weight excluding hydrogens is 378 g/mol. The molecule has 2 heterocycles. The number of hydrogen-bond donors (Lipinski definition) is 1. The van der Waals surface area contributed by atoms with Crippen LogP contribution in [0.4, 0.5) is 0 Å². The van der Waals surface area contributed by atoms with Crippen LogP contribution in [0.1, 0.15) is 17.5 Å². The molecule has 0 atom stereocenters. The van der Waals surface area contributed by atoms with Crippen molar-refractivity contribution in [2.24, 2.45) is 0 Å². The van der Waals surface area contributed by atoms with Crippen molar-refractivity contribution < 1.29 is 4.79 Å². The fraction of sp³-hybridized carbons (Fsp3) is 0.150. The SMILES string of the molecule is O=C(CCc1ccccc1Br)NCc1cccnc1-c1cccnc1. The van der Waals surface area contributed by atoms with Gasteiger partial charge in [-0.05, 0) is 41.8 Å². The molecule has 0 bridgehead atoms. The molecule has 0 aliphatic carbocycles. The first-order valence-electron chi connectivity index (χ1n) is 8.08. The lowest BCUT2D eigenvalue weighted by Crippen LogP contribution is -2.23. The van der Waals surface area contributed by atoms with Crippen molar-refractivity contribution in [1.29, 1.82) is 0 Å². The van der Waals surface area contributed by atoms with E-state index in [0.29, 0.717) is 19.4 Å². The van der Waals surface area contributed by atoms with Crippen LogP contribution in [0.2, 0.25) is 0 Å². The van der Waals surface area contributed by atoms with Gasteiger partial charge < -0.3 is 5.32 Å². The Balaban J connectivity index is 1.60. The van der Waals surface area contributed by atoms with Gasteiger partial charge in [-0.3, -0.25) is 14.8 Å². The summed E-state index contributed by atoms with van der Waals surface area (Å²) in [5.41, 5.74) is 3.90. The summed E-state index contributed by atoms with van der Waals surface area (Å²) in [6.45, 7) is 0.451. The Labute approximate surface area is 155 Å². The average Bonchev–Trinajstić information content (AvgIpc) is 2.66. The minimum absolute atomic E-state index is 0.0248. The molecule has 126 valence electrons. The van der Waals surface area contributed by atoms with Crippen LogP contribution < -0.4 is 5.32 Å². The number of nitrogens with one attached hydrogen (secondary N) is 1. The first-order chi connectivity index (χ1) is 12.2. The molecule has 1 amide bonds. The first kappa shape index (κ1) is 17.3. The van der Waals surface area contributed by atoms with Crippen LogP contribution >= 0.6 is 15.9 Å². The Morgan fingerprint density at radius 2 is 1.80 bits per heavy atom. The fourth-order valence-electron chi connectivity index (χ4n) is 2.58. The Bertz CT molecular complexity index is 852. The molecular formula is C20H18BrN3O. The molecule has 1 N–H and O–H groups in total. The van der Waals surface area contributed by atoms with E-state index in [-0.39, 0.29) is 5.91 Å². The summed E-state index contributed by atoms with van der Waals surface area (Å²) in [4.78, 5) is 20.8. The Hall–Kier alpha value is -2.53. The van der Waals surface area contributed by atoms with Gasteiger partial charge in [0.05, 0.1) is 5.69 Å². The van der Waals surface area contributed by atoms with E-state index in [0.717, 1.165) is 26.9 Å². The van der Waals surface area contributed by atoms with Gasteiger partial charge in [-0.1, -0.05) is 40.2 Å². The number of carbonyl (C=O) groups is 1. The van der Waals surface area contributed by atoms with E-state index < -0.39 is 0 Å². The molecule has 0 saturated heterocycles. The molecule has 4 nitrogen and oxygen atoms in total. The maximum Gasteiger partial charge on any atom is 0.220 e. The van der Waals surface area contributed by atoms with E-state index in [4.69, 9.17) is 0 Å². The van der Waals surface area contributed by atoms with Gasteiger partial charge >= 0.3 is 0 Å². The van der Waals surface area contributed by atoms with Crippen molar-refractivity contribution in [3.8, 4) is 11.3 Å². The van der Waals surface area contributed by atoms with Gasteiger partial charge in [-0.15, -0.1) is 0 Å². The van der Waals surface area contributed by atoms with Gasteiger partial charge in [-0.2, -0.15) is 0 Å². The standard InChI is InChI=1S/C20H18BrN3O/c21-18-8-2-1-5-15(18)9-10-19(25)24-14-17-7-4-12-23-20(17)16-6-3-11-22-13-16/h1-8,11-13H,9-10,14H2,(H,24,25). The zero-order chi connectivity index (χ0) is 17.5. The number of carbonyl (C=O) groups excluding carboxylic acids is 1. The number of nitrogens with zero attached hydrogens (tertiary/aromatic N) is 2. The summed E-state index contributed by atoms with van der Waals surface area (Å²) in [6, 6.07) is 15.7. The zero-order valence-electron chi connectivity index (χ0n) is 13.7. The van der Waals surface area contributed by atoms with Crippen LogP contribution in [0.5, 0.6) is 0 Å². The molecule has 0 aliphatic rings. The minimum Gasteiger partial charge on any atom is -0.352 e. The van der Waals surface area contributed by atoms with E-state index in [1.54, 1.807) is 18.6 Å². The van der Waals surface area contributed by atoms with Crippen molar-refractivity contribution in [3.05, 3.63) is 82.7 Å². The maximum absolute atomic E-state index is 12.2. The number of pyridine rings is 2. The van der Waals surface area contributed by atoms with Crippen LogP contribution in [-0.2, 0) is 17.8 Å². The highest BCUT2D eigenvalue weighted by Gasteiger charge is 2.09. The Morgan fingerprint density at radius 1 is 1.00 bits per heavy atom. The van der Waals surface area contributed by atoms with E-state index in [9.17, 15) is 4.79 Å². The second kappa shape index (κ2) is 8.53. The number of hydrogen-bond acceptors (Lipinski definition) is 3. The molecule has 25 heavy (non-hydrogen) atoms. The predicted molar refractivity (Wildman–Crippen MR) is 102 cm³/mol. The summed E-state index contributed by atoms with van der Waals surface area (Å²) in [5.74, 6) is 0.0248. The number of aryl methyl sites for hydroxylation is 1. The zero-order valence-corrected chi connectivity index (χ0v) is 15.2. The fourth-order valence-corrected chi connectivity index (χ4v) is 3.06. The van der Waals surface area contributed by atoms with Gasteiger partial charge in [0.15, 0.2) is 0 Å². The largest absolute Gasteiger partial charge is 0.352 e. The number of halogens is 1. The van der Waals surface area contributed by atoms with Crippen molar-refractivity contribution in [2.45, 2.75) is 19.4 Å². The summed E-state index contributed by atoms with van der Waals surface area (Å²) in [6.07, 6.45) is 6.41. The van der Waals surface area contributed by atoms with Crippen molar-refractivity contribution >= 4 is 21.8 Å². The number of rotatable bonds is 6. The van der Waals surface area contributed by atoms with Crippen molar-refractivity contribution in [2.75, 3.05) is 0 Å². The molecule has 0 unspecified atom stereocenters. The van der Waals surface area contributed by atoms with E-state index in [1.165, 1.54) is 0 Å². The summed E-state index contributed by atoms with van der Waals surface area (Å²) >= 11 is 3.51. The number of aromatic nitrogens is 2. The highest BCUT2D eigenvalue weighted by molar-refractivity contribution is 9.10. The third kappa shape index (κ3) is 4.73. The van der Waals surface area contributed by atoms with Gasteiger partial charge in [0, 0.05) is 41.6 Å². The molecule has 2 aromatic heterocycles. The molecule has 5 heteroatoms. The first-order valence-corrected chi connectivity index (χ1v) is 8.88. The van der Waals surface area contributed by atoms with Crippen LogP contribution in [0.3, 0.4) is 0 Å². The van der Waals surface area contributed by atoms with Crippen LogP contribution in [0.25, 0.3) is 11.3 Å². The van der Waals surface area contributed by atoms with E-state index >= 15 is 0 Å². The lowest BCUT2D eigenvalue weighted by Gasteiger charge is -2.10. The lowest BCUT2D eigenvalue weighted by molar-refractivity contribution is -0.121. The smallest absolute Gasteiger partial charge is 0.220 e. The Morgan fingerprint density at radius 3 is 2.60 bits per heavy atom. The van der Waals surface area contributed by atoms with Crippen LogP contribution in [0, 0.1) is 0 Å². The highest BCUT2D eigenvalue weighted by atomic mass is 79.9. The second-order valence-electron chi connectivity index (χ2n) is 5.62. The molecule has 0 aliphatic heterocycles. The average molecular weight is 396 g/mol. The van der Waals surface area contributed by atoms with Gasteiger partial charge in [0.1, 0.15) is 0 Å². The third-order valence-corrected chi connectivity index (χ3v) is 4.66. The normalized spacial score (nSPS) is 10.4. The number of benzene rings is 1. The molecule has 0 radical (unpaired) electrons. The lowest BCUT2D eigenvalue weighted by atomic mass is 10.1. The van der Waals surface area contributed by atoms with E-state index in [1.807, 2.05) is 48.5 Å². The second-order valence-corrected chi connectivity index (χ2v) is 6.48. The molecule has 0 fully saturated rings. The molecule has 3 aromatic rings. The van der Waals surface area contributed by atoms with Gasteiger partial charge in [0.25, 0.3) is 0 Å².